The summed E-state index contributed by atoms with van der Waals surface area (Å²) in [7, 11) is 0. The molecule has 1 aliphatic heterocycles. The standard InChI is InChI=1S/C23H21BrN2O2/c24-21-9-10-22(20-4-2-1-3-19(20)21)25-23(28)17-11-13-26(14-12-17)18-7-5-16(15-27)6-8-18/h1-10,15,17H,11-14H2,(H,25,28). The molecule has 1 heterocycles. The number of carbonyl (C=O) groups excluding carboxylic acids is 2. The number of anilines is 2. The van der Waals surface area contributed by atoms with Crippen LogP contribution in [0.2, 0.25) is 0 Å². The molecule has 1 fully saturated rings. The first-order valence-corrected chi connectivity index (χ1v) is 10.2. The van der Waals surface area contributed by atoms with E-state index in [1.165, 1.54) is 0 Å². The minimum atomic E-state index is 0.00732. The van der Waals surface area contributed by atoms with Crippen molar-refractivity contribution >= 4 is 50.3 Å². The molecule has 1 amide bonds. The number of hydrogen-bond donors (Lipinski definition) is 1. The highest BCUT2D eigenvalue weighted by molar-refractivity contribution is 9.10. The second-order valence-corrected chi connectivity index (χ2v) is 7.95. The number of amides is 1. The average Bonchev–Trinajstić information content (AvgIpc) is 2.76. The van der Waals surface area contributed by atoms with E-state index in [0.717, 1.165) is 58.8 Å². The Balaban J connectivity index is 1.42. The Morgan fingerprint density at radius 3 is 2.32 bits per heavy atom. The Labute approximate surface area is 172 Å². The summed E-state index contributed by atoms with van der Waals surface area (Å²) in [4.78, 5) is 25.9. The monoisotopic (exact) mass is 436 g/mol. The number of benzene rings is 3. The first kappa shape index (κ1) is 18.7. The maximum absolute atomic E-state index is 12.8. The highest BCUT2D eigenvalue weighted by Gasteiger charge is 2.25. The molecule has 5 heteroatoms. The number of piperidine rings is 1. The number of nitrogens with zero attached hydrogens (tertiary/aromatic N) is 1. The van der Waals surface area contributed by atoms with Crippen LogP contribution in [0.4, 0.5) is 11.4 Å². The van der Waals surface area contributed by atoms with Gasteiger partial charge in [0, 0.05) is 45.8 Å². The number of carbonyl (C=O) groups is 2. The number of fused-ring (bicyclic) bond motifs is 1. The van der Waals surface area contributed by atoms with Crippen LogP contribution in [0, 0.1) is 5.92 Å². The van der Waals surface area contributed by atoms with E-state index in [1.807, 2.05) is 60.7 Å². The largest absolute Gasteiger partial charge is 0.371 e. The third-order valence-electron chi connectivity index (χ3n) is 5.39. The smallest absolute Gasteiger partial charge is 0.227 e. The molecule has 28 heavy (non-hydrogen) atoms. The molecule has 4 rings (SSSR count). The van der Waals surface area contributed by atoms with Gasteiger partial charge >= 0.3 is 0 Å². The second-order valence-electron chi connectivity index (χ2n) is 7.10. The molecule has 3 aromatic carbocycles. The number of nitrogens with one attached hydrogen (secondary N) is 1. The molecule has 1 aliphatic rings. The van der Waals surface area contributed by atoms with E-state index in [-0.39, 0.29) is 11.8 Å². The topological polar surface area (TPSA) is 49.4 Å². The molecule has 3 aromatic rings. The first-order chi connectivity index (χ1) is 13.7. The molecule has 4 nitrogen and oxygen atoms in total. The molecule has 0 atom stereocenters. The Morgan fingerprint density at radius 1 is 0.964 bits per heavy atom. The fourth-order valence-corrected chi connectivity index (χ4v) is 4.25. The molecule has 1 N–H and O–H groups in total. The van der Waals surface area contributed by atoms with E-state index in [9.17, 15) is 9.59 Å². The van der Waals surface area contributed by atoms with Crippen molar-refractivity contribution in [3.63, 3.8) is 0 Å². The van der Waals surface area contributed by atoms with Crippen molar-refractivity contribution in [3.8, 4) is 0 Å². The summed E-state index contributed by atoms with van der Waals surface area (Å²) in [6.45, 7) is 1.67. The van der Waals surface area contributed by atoms with Crippen LogP contribution < -0.4 is 10.2 Å². The van der Waals surface area contributed by atoms with Crippen LogP contribution in [0.1, 0.15) is 23.2 Å². The van der Waals surface area contributed by atoms with Gasteiger partial charge in [0.1, 0.15) is 6.29 Å². The summed E-state index contributed by atoms with van der Waals surface area (Å²) >= 11 is 3.57. The van der Waals surface area contributed by atoms with Crippen molar-refractivity contribution in [2.75, 3.05) is 23.3 Å². The van der Waals surface area contributed by atoms with Crippen molar-refractivity contribution in [2.45, 2.75) is 12.8 Å². The van der Waals surface area contributed by atoms with E-state index in [0.29, 0.717) is 5.56 Å². The summed E-state index contributed by atoms with van der Waals surface area (Å²) in [6.07, 6.45) is 2.48. The van der Waals surface area contributed by atoms with Crippen LogP contribution in [0.15, 0.2) is 65.1 Å². The van der Waals surface area contributed by atoms with E-state index >= 15 is 0 Å². The average molecular weight is 437 g/mol. The molecule has 0 saturated carbocycles. The van der Waals surface area contributed by atoms with Gasteiger partial charge in [0.15, 0.2) is 0 Å². The van der Waals surface area contributed by atoms with E-state index in [2.05, 4.69) is 26.1 Å². The van der Waals surface area contributed by atoms with E-state index in [1.54, 1.807) is 0 Å². The van der Waals surface area contributed by atoms with E-state index in [4.69, 9.17) is 0 Å². The Morgan fingerprint density at radius 2 is 1.64 bits per heavy atom. The lowest BCUT2D eigenvalue weighted by Gasteiger charge is -2.33. The zero-order chi connectivity index (χ0) is 19.5. The summed E-state index contributed by atoms with van der Waals surface area (Å²) in [5, 5.41) is 5.27. The number of rotatable bonds is 4. The van der Waals surface area contributed by atoms with Crippen LogP contribution >= 0.6 is 15.9 Å². The molecule has 1 saturated heterocycles. The Hall–Kier alpha value is -2.66. The molecule has 142 valence electrons. The molecule has 0 unspecified atom stereocenters. The molecule has 0 aliphatic carbocycles. The number of hydrogen-bond acceptors (Lipinski definition) is 3. The van der Waals surface area contributed by atoms with Gasteiger partial charge in [-0.05, 0) is 54.6 Å². The first-order valence-electron chi connectivity index (χ1n) is 9.44. The van der Waals surface area contributed by atoms with Gasteiger partial charge in [0.05, 0.1) is 0 Å². The summed E-state index contributed by atoms with van der Waals surface area (Å²) in [6, 6.07) is 19.6. The summed E-state index contributed by atoms with van der Waals surface area (Å²) in [5.41, 5.74) is 2.64. The third kappa shape index (κ3) is 3.80. The zero-order valence-electron chi connectivity index (χ0n) is 15.4. The second kappa shape index (κ2) is 8.15. The predicted molar refractivity (Wildman–Crippen MR) is 117 cm³/mol. The van der Waals surface area contributed by atoms with Crippen LogP contribution in [-0.2, 0) is 4.79 Å². The van der Waals surface area contributed by atoms with Crippen LogP contribution in [0.3, 0.4) is 0 Å². The number of halogens is 1. The Bertz CT molecular complexity index is 1010. The van der Waals surface area contributed by atoms with Gasteiger partial charge < -0.3 is 10.2 Å². The molecule has 0 aromatic heterocycles. The van der Waals surface area contributed by atoms with E-state index < -0.39 is 0 Å². The molecule has 0 bridgehead atoms. The van der Waals surface area contributed by atoms with Gasteiger partial charge in [-0.1, -0.05) is 40.2 Å². The lowest BCUT2D eigenvalue weighted by atomic mass is 9.95. The quantitative estimate of drug-likeness (QED) is 0.566. The molecular formula is C23H21BrN2O2. The molecule has 0 spiro atoms. The summed E-state index contributed by atoms with van der Waals surface area (Å²) in [5.74, 6) is 0.0938. The fourth-order valence-electron chi connectivity index (χ4n) is 3.77. The lowest BCUT2D eigenvalue weighted by Crippen LogP contribution is -2.38. The van der Waals surface area contributed by atoms with Gasteiger partial charge in [-0.3, -0.25) is 9.59 Å². The van der Waals surface area contributed by atoms with Gasteiger partial charge in [0.2, 0.25) is 5.91 Å². The normalized spacial score (nSPS) is 14.8. The number of aldehydes is 1. The maximum atomic E-state index is 12.8. The van der Waals surface area contributed by atoms with Gasteiger partial charge in [-0.25, -0.2) is 0 Å². The minimum Gasteiger partial charge on any atom is -0.371 e. The van der Waals surface area contributed by atoms with Crippen LogP contribution in [0.25, 0.3) is 10.8 Å². The van der Waals surface area contributed by atoms with Crippen molar-refractivity contribution < 1.29 is 9.59 Å². The van der Waals surface area contributed by atoms with Gasteiger partial charge in [-0.2, -0.15) is 0 Å². The highest BCUT2D eigenvalue weighted by Crippen LogP contribution is 2.31. The van der Waals surface area contributed by atoms with Crippen LogP contribution in [-0.4, -0.2) is 25.3 Å². The maximum Gasteiger partial charge on any atom is 0.227 e. The fraction of sp³-hybridized carbons (Fsp3) is 0.217. The molecule has 0 radical (unpaired) electrons. The highest BCUT2D eigenvalue weighted by atomic mass is 79.9. The third-order valence-corrected chi connectivity index (χ3v) is 6.08. The minimum absolute atomic E-state index is 0.00732. The van der Waals surface area contributed by atoms with Crippen molar-refractivity contribution in [1.29, 1.82) is 0 Å². The van der Waals surface area contributed by atoms with Gasteiger partial charge in [0.25, 0.3) is 0 Å². The van der Waals surface area contributed by atoms with Crippen LogP contribution in [0.5, 0.6) is 0 Å². The predicted octanol–water partition coefficient (Wildman–Crippen LogP) is 5.27. The lowest BCUT2D eigenvalue weighted by molar-refractivity contribution is -0.120. The van der Waals surface area contributed by atoms with Gasteiger partial charge in [-0.15, -0.1) is 0 Å². The van der Waals surface area contributed by atoms with Crippen molar-refractivity contribution in [2.24, 2.45) is 5.92 Å². The van der Waals surface area contributed by atoms with Crippen molar-refractivity contribution in [1.82, 2.24) is 0 Å². The zero-order valence-corrected chi connectivity index (χ0v) is 17.0. The Kier molecular flexibility index (Phi) is 5.44. The molecular weight excluding hydrogens is 416 g/mol. The summed E-state index contributed by atoms with van der Waals surface area (Å²) < 4.78 is 1.02. The SMILES string of the molecule is O=Cc1ccc(N2CCC(C(=O)Nc3ccc(Br)c4ccccc34)CC2)cc1. The van der Waals surface area contributed by atoms with Crippen molar-refractivity contribution in [3.05, 3.63) is 70.7 Å².